The van der Waals surface area contributed by atoms with E-state index in [2.05, 4.69) is 34.1 Å². The molecule has 5 rings (SSSR count). The van der Waals surface area contributed by atoms with Crippen LogP contribution < -0.4 is 14.8 Å². The minimum atomic E-state index is -0.00769. The molecule has 0 aliphatic heterocycles. The number of nitrogens with one attached hydrogen (secondary N) is 1. The quantitative estimate of drug-likeness (QED) is 0.216. The van der Waals surface area contributed by atoms with E-state index in [-0.39, 0.29) is 5.91 Å². The number of halogens is 1. The highest BCUT2D eigenvalue weighted by Gasteiger charge is 2.16. The Morgan fingerprint density at radius 1 is 0.846 bits per heavy atom. The zero-order valence-electron chi connectivity index (χ0n) is 22.0. The summed E-state index contributed by atoms with van der Waals surface area (Å²) >= 11 is 6.14. The van der Waals surface area contributed by atoms with Gasteiger partial charge >= 0.3 is 0 Å². The molecule has 0 bridgehead atoms. The van der Waals surface area contributed by atoms with E-state index in [0.717, 1.165) is 39.3 Å². The van der Waals surface area contributed by atoms with Gasteiger partial charge in [0.2, 0.25) is 5.91 Å². The minimum Gasteiger partial charge on any atom is -0.493 e. The van der Waals surface area contributed by atoms with Crippen LogP contribution in [0, 0.1) is 0 Å². The van der Waals surface area contributed by atoms with Gasteiger partial charge in [-0.15, -0.1) is 0 Å². The van der Waals surface area contributed by atoms with E-state index >= 15 is 0 Å². The molecule has 3 aromatic carbocycles. The number of imidazole rings is 1. The summed E-state index contributed by atoms with van der Waals surface area (Å²) in [5.74, 6) is 1.36. The lowest BCUT2D eigenvalue weighted by atomic mass is 10.1. The average molecular weight is 540 g/mol. The Bertz CT molecular complexity index is 1580. The third kappa shape index (κ3) is 6.07. The number of benzene rings is 3. The first-order valence-electron chi connectivity index (χ1n) is 12.9. The first-order chi connectivity index (χ1) is 19.1. The molecule has 0 radical (unpaired) electrons. The molecule has 1 amide bonds. The number of nitrogens with zero attached hydrogens (tertiary/aromatic N) is 2. The molecular weight excluding hydrogens is 510 g/mol. The molecule has 0 aliphatic carbocycles. The molecule has 2 heterocycles. The third-order valence-electron chi connectivity index (χ3n) is 6.71. The summed E-state index contributed by atoms with van der Waals surface area (Å²) < 4.78 is 12.8. The van der Waals surface area contributed by atoms with E-state index in [1.54, 1.807) is 14.2 Å². The van der Waals surface area contributed by atoms with Gasteiger partial charge in [0.15, 0.2) is 11.5 Å². The number of carbonyl (C=O) groups excluding carboxylic acids is 1. The second-order valence-corrected chi connectivity index (χ2v) is 9.65. The molecule has 7 heteroatoms. The van der Waals surface area contributed by atoms with Gasteiger partial charge in [0.1, 0.15) is 5.65 Å². The van der Waals surface area contributed by atoms with Crippen molar-refractivity contribution in [3.05, 3.63) is 107 Å². The fourth-order valence-electron chi connectivity index (χ4n) is 4.68. The van der Waals surface area contributed by atoms with Gasteiger partial charge in [-0.1, -0.05) is 60.1 Å². The Kier molecular flexibility index (Phi) is 8.13. The Balaban J connectivity index is 1.34. The van der Waals surface area contributed by atoms with Crippen molar-refractivity contribution in [2.75, 3.05) is 20.8 Å². The Labute approximate surface area is 233 Å². The van der Waals surface area contributed by atoms with Gasteiger partial charge in [-0.2, -0.15) is 0 Å². The predicted octanol–water partition coefficient (Wildman–Crippen LogP) is 6.63. The highest BCUT2D eigenvalue weighted by Crippen LogP contribution is 2.30. The van der Waals surface area contributed by atoms with Crippen molar-refractivity contribution in [3.63, 3.8) is 0 Å². The molecule has 0 spiro atoms. The van der Waals surface area contributed by atoms with Crippen LogP contribution in [0.2, 0.25) is 5.02 Å². The Morgan fingerprint density at radius 2 is 1.59 bits per heavy atom. The van der Waals surface area contributed by atoms with Crippen LogP contribution in [-0.4, -0.2) is 36.1 Å². The van der Waals surface area contributed by atoms with Crippen LogP contribution in [0.1, 0.15) is 17.7 Å². The van der Waals surface area contributed by atoms with Gasteiger partial charge in [0.05, 0.1) is 25.6 Å². The molecule has 0 saturated carbocycles. The van der Waals surface area contributed by atoms with Crippen LogP contribution in [0.25, 0.3) is 28.0 Å². The number of aryl methyl sites for hydroxylation is 1. The van der Waals surface area contributed by atoms with E-state index < -0.39 is 0 Å². The SMILES string of the molecule is COc1ccc(CCNC(=O)CCc2c(-c3ccc(Cl)cc3)nc3ccc(-c4ccccc4)cn23)cc1OC. The zero-order valence-corrected chi connectivity index (χ0v) is 22.7. The summed E-state index contributed by atoms with van der Waals surface area (Å²) in [5, 5.41) is 3.72. The van der Waals surface area contributed by atoms with Gasteiger partial charge in [-0.25, -0.2) is 4.98 Å². The largest absolute Gasteiger partial charge is 0.493 e. The van der Waals surface area contributed by atoms with E-state index in [0.29, 0.717) is 42.3 Å². The highest BCUT2D eigenvalue weighted by molar-refractivity contribution is 6.30. The maximum Gasteiger partial charge on any atom is 0.220 e. The van der Waals surface area contributed by atoms with Crippen molar-refractivity contribution in [2.24, 2.45) is 0 Å². The smallest absolute Gasteiger partial charge is 0.220 e. The van der Waals surface area contributed by atoms with Gasteiger partial charge in [-0.3, -0.25) is 4.79 Å². The van der Waals surface area contributed by atoms with Gasteiger partial charge in [0, 0.05) is 29.7 Å². The summed E-state index contributed by atoms with van der Waals surface area (Å²) in [7, 11) is 3.23. The zero-order chi connectivity index (χ0) is 27.2. The standard InChI is InChI=1S/C32H30ClN3O3/c1-38-28-15-8-22(20-29(28)39-2)18-19-34-31(37)17-14-27-32(24-9-12-26(33)13-10-24)35-30-16-11-25(21-36(27)30)23-6-4-3-5-7-23/h3-13,15-16,20-21H,14,17-19H2,1-2H3,(H,34,37). The average Bonchev–Trinajstić information content (AvgIpc) is 3.34. The van der Waals surface area contributed by atoms with Gasteiger partial charge < -0.3 is 19.2 Å². The number of carbonyl (C=O) groups is 1. The number of amides is 1. The van der Waals surface area contributed by atoms with Crippen molar-refractivity contribution in [3.8, 4) is 33.9 Å². The molecule has 0 aliphatic rings. The van der Waals surface area contributed by atoms with Crippen molar-refractivity contribution in [2.45, 2.75) is 19.3 Å². The van der Waals surface area contributed by atoms with Crippen molar-refractivity contribution < 1.29 is 14.3 Å². The lowest BCUT2D eigenvalue weighted by Crippen LogP contribution is -2.26. The molecule has 5 aromatic rings. The van der Waals surface area contributed by atoms with Crippen LogP contribution in [0.3, 0.4) is 0 Å². The summed E-state index contributed by atoms with van der Waals surface area (Å²) in [6.07, 6.45) is 3.68. The molecule has 1 N–H and O–H groups in total. The summed E-state index contributed by atoms with van der Waals surface area (Å²) in [5.41, 5.74) is 6.92. The second kappa shape index (κ2) is 12.0. The molecule has 6 nitrogen and oxygen atoms in total. The van der Waals surface area contributed by atoms with E-state index in [1.165, 1.54) is 0 Å². The second-order valence-electron chi connectivity index (χ2n) is 9.22. The van der Waals surface area contributed by atoms with Crippen molar-refractivity contribution in [1.29, 1.82) is 0 Å². The monoisotopic (exact) mass is 539 g/mol. The molecule has 0 fully saturated rings. The number of rotatable bonds is 10. The van der Waals surface area contributed by atoms with Crippen LogP contribution in [0.5, 0.6) is 11.5 Å². The Hall–Kier alpha value is -4.29. The fraction of sp³-hybridized carbons (Fsp3) is 0.188. The molecular formula is C32H30ClN3O3. The maximum absolute atomic E-state index is 12.9. The normalized spacial score (nSPS) is 10.9. The number of hydrogen-bond donors (Lipinski definition) is 1. The number of aromatic nitrogens is 2. The van der Waals surface area contributed by atoms with Gasteiger partial charge in [0.25, 0.3) is 0 Å². The van der Waals surface area contributed by atoms with E-state index in [9.17, 15) is 4.79 Å². The highest BCUT2D eigenvalue weighted by atomic mass is 35.5. The number of methoxy groups -OCH3 is 2. The van der Waals surface area contributed by atoms with E-state index in [4.69, 9.17) is 26.1 Å². The predicted molar refractivity (Wildman–Crippen MR) is 156 cm³/mol. The Morgan fingerprint density at radius 3 is 2.33 bits per heavy atom. The van der Waals surface area contributed by atoms with Crippen LogP contribution in [0.15, 0.2) is 91.1 Å². The molecule has 0 saturated heterocycles. The lowest BCUT2D eigenvalue weighted by Gasteiger charge is -2.11. The topological polar surface area (TPSA) is 64.9 Å². The fourth-order valence-corrected chi connectivity index (χ4v) is 4.80. The third-order valence-corrected chi connectivity index (χ3v) is 6.97. The maximum atomic E-state index is 12.9. The first kappa shape index (κ1) is 26.3. The van der Waals surface area contributed by atoms with Crippen molar-refractivity contribution >= 4 is 23.2 Å². The summed E-state index contributed by atoms with van der Waals surface area (Å²) in [4.78, 5) is 17.8. The number of ether oxygens (including phenoxy) is 2. The number of pyridine rings is 1. The molecule has 39 heavy (non-hydrogen) atoms. The first-order valence-corrected chi connectivity index (χ1v) is 13.2. The summed E-state index contributed by atoms with van der Waals surface area (Å²) in [6, 6.07) is 27.8. The van der Waals surface area contributed by atoms with Crippen LogP contribution in [0.4, 0.5) is 0 Å². The van der Waals surface area contributed by atoms with Crippen LogP contribution >= 0.6 is 11.6 Å². The van der Waals surface area contributed by atoms with E-state index in [1.807, 2.05) is 66.7 Å². The number of fused-ring (bicyclic) bond motifs is 1. The van der Waals surface area contributed by atoms with Gasteiger partial charge in [-0.05, 0) is 65.9 Å². The molecule has 0 atom stereocenters. The molecule has 198 valence electrons. The molecule has 2 aromatic heterocycles. The number of hydrogen-bond acceptors (Lipinski definition) is 4. The lowest BCUT2D eigenvalue weighted by molar-refractivity contribution is -0.121. The van der Waals surface area contributed by atoms with Crippen LogP contribution in [-0.2, 0) is 17.6 Å². The minimum absolute atomic E-state index is 0.00769. The molecule has 0 unspecified atom stereocenters. The van der Waals surface area contributed by atoms with Crippen molar-refractivity contribution in [1.82, 2.24) is 14.7 Å². The summed E-state index contributed by atoms with van der Waals surface area (Å²) in [6.45, 7) is 0.531.